The lowest BCUT2D eigenvalue weighted by Gasteiger charge is -2.28. The van der Waals surface area contributed by atoms with Gasteiger partial charge in [0, 0.05) is 18.0 Å². The Hall–Kier alpha value is -2.48. The zero-order valence-corrected chi connectivity index (χ0v) is 16.7. The highest BCUT2D eigenvalue weighted by Gasteiger charge is 2.34. The van der Waals surface area contributed by atoms with Gasteiger partial charge in [-0.25, -0.2) is 18.2 Å². The van der Waals surface area contributed by atoms with Crippen molar-refractivity contribution in [2.24, 2.45) is 0 Å². The summed E-state index contributed by atoms with van der Waals surface area (Å²) < 4.78 is 28.7. The van der Waals surface area contributed by atoms with Gasteiger partial charge in [-0.2, -0.15) is 0 Å². The van der Waals surface area contributed by atoms with Crippen LogP contribution in [0.25, 0.3) is 10.9 Å². The first-order valence-electron chi connectivity index (χ1n) is 9.42. The maximum Gasteiger partial charge on any atom is 0.357 e. The lowest BCUT2D eigenvalue weighted by molar-refractivity contribution is -0.136. The van der Waals surface area contributed by atoms with E-state index >= 15 is 0 Å². The normalized spacial score (nSPS) is 18.1. The molecule has 8 heteroatoms. The molecule has 1 aliphatic heterocycles. The predicted molar refractivity (Wildman–Crippen MR) is 106 cm³/mol. The molecule has 3 rings (SSSR count). The molecule has 150 valence electrons. The van der Waals surface area contributed by atoms with Gasteiger partial charge >= 0.3 is 5.97 Å². The molecule has 0 saturated carbocycles. The van der Waals surface area contributed by atoms with Crippen LogP contribution in [0.5, 0.6) is 0 Å². The summed E-state index contributed by atoms with van der Waals surface area (Å²) >= 11 is 0. The largest absolute Gasteiger partial charge is 0.451 e. The van der Waals surface area contributed by atoms with Gasteiger partial charge in [0.15, 0.2) is 16.4 Å². The Kier molecular flexibility index (Phi) is 6.28. The molecule has 1 atom stereocenters. The van der Waals surface area contributed by atoms with Gasteiger partial charge < -0.3 is 9.64 Å². The van der Waals surface area contributed by atoms with Crippen molar-refractivity contribution in [3.05, 3.63) is 42.1 Å². The number of esters is 1. The molecular weight excluding hydrogens is 380 g/mol. The number of benzene rings is 1. The van der Waals surface area contributed by atoms with Crippen LogP contribution in [-0.4, -0.2) is 60.9 Å². The van der Waals surface area contributed by atoms with Crippen molar-refractivity contribution in [2.45, 2.75) is 32.2 Å². The van der Waals surface area contributed by atoms with Crippen molar-refractivity contribution in [1.82, 2.24) is 9.88 Å². The molecule has 28 heavy (non-hydrogen) atoms. The first-order chi connectivity index (χ1) is 13.4. The van der Waals surface area contributed by atoms with Gasteiger partial charge in [-0.05, 0) is 25.0 Å². The van der Waals surface area contributed by atoms with Gasteiger partial charge in [0.25, 0.3) is 5.91 Å². The van der Waals surface area contributed by atoms with Gasteiger partial charge in [0.05, 0.1) is 17.0 Å². The summed E-state index contributed by atoms with van der Waals surface area (Å²) in [5.41, 5.74) is 0.805. The summed E-state index contributed by atoms with van der Waals surface area (Å²) in [4.78, 5) is 30.7. The van der Waals surface area contributed by atoms with Gasteiger partial charge in [-0.1, -0.05) is 37.6 Å². The quantitative estimate of drug-likeness (QED) is 0.657. The van der Waals surface area contributed by atoms with Gasteiger partial charge in [0.2, 0.25) is 0 Å². The number of hydrogen-bond acceptors (Lipinski definition) is 6. The molecule has 1 aromatic heterocycles. The fourth-order valence-corrected chi connectivity index (χ4v) is 5.06. The highest BCUT2D eigenvalue weighted by atomic mass is 32.2. The second-order valence-electron chi connectivity index (χ2n) is 6.96. The topological polar surface area (TPSA) is 93.6 Å². The van der Waals surface area contributed by atoms with Crippen molar-refractivity contribution in [3.8, 4) is 0 Å². The minimum absolute atomic E-state index is 0.0252. The third-order valence-corrected chi connectivity index (χ3v) is 6.61. The van der Waals surface area contributed by atoms with Crippen molar-refractivity contribution in [2.75, 3.05) is 24.7 Å². The maximum absolute atomic E-state index is 12.6. The van der Waals surface area contributed by atoms with Crippen LogP contribution in [0.2, 0.25) is 0 Å². The van der Waals surface area contributed by atoms with E-state index in [0.717, 1.165) is 18.2 Å². The smallest absolute Gasteiger partial charge is 0.357 e. The third-order valence-electron chi connectivity index (χ3n) is 4.86. The molecule has 2 aromatic rings. The summed E-state index contributed by atoms with van der Waals surface area (Å²) in [6.45, 7) is 2.04. The number of unbranched alkanes of at least 4 members (excludes halogenated alkanes) is 1. The molecule has 0 N–H and O–H groups in total. The van der Waals surface area contributed by atoms with E-state index in [1.165, 1.54) is 0 Å². The molecule has 0 spiro atoms. The number of para-hydroxylation sites is 1. The van der Waals surface area contributed by atoms with Crippen LogP contribution < -0.4 is 0 Å². The number of pyridine rings is 1. The van der Waals surface area contributed by atoms with E-state index < -0.39 is 22.4 Å². The summed E-state index contributed by atoms with van der Waals surface area (Å²) in [7, 11) is -3.11. The second kappa shape index (κ2) is 8.68. The van der Waals surface area contributed by atoms with Gasteiger partial charge in [0.1, 0.15) is 5.69 Å². The van der Waals surface area contributed by atoms with E-state index in [9.17, 15) is 18.0 Å². The number of carbonyl (C=O) groups excluding carboxylic acids is 2. The number of carbonyl (C=O) groups is 2. The van der Waals surface area contributed by atoms with Crippen molar-refractivity contribution in [3.63, 3.8) is 0 Å². The Morgan fingerprint density at radius 3 is 2.71 bits per heavy atom. The van der Waals surface area contributed by atoms with E-state index in [1.807, 2.05) is 25.1 Å². The van der Waals surface area contributed by atoms with Gasteiger partial charge in [-0.3, -0.25) is 4.79 Å². The van der Waals surface area contributed by atoms with E-state index in [-0.39, 0.29) is 29.1 Å². The molecular formula is C20H24N2O5S. The summed E-state index contributed by atoms with van der Waals surface area (Å²) in [5, 5.41) is 0.906. The lowest BCUT2D eigenvalue weighted by atomic mass is 10.2. The van der Waals surface area contributed by atoms with Crippen LogP contribution in [0.1, 0.15) is 36.7 Å². The average molecular weight is 404 g/mol. The van der Waals surface area contributed by atoms with Crippen molar-refractivity contribution >= 4 is 32.6 Å². The molecule has 1 amide bonds. The Bertz CT molecular complexity index is 973. The highest BCUT2D eigenvalue weighted by Crippen LogP contribution is 2.19. The van der Waals surface area contributed by atoms with Crippen LogP contribution in [0, 0.1) is 0 Å². The fourth-order valence-electron chi connectivity index (χ4n) is 3.32. The van der Waals surface area contributed by atoms with Crippen LogP contribution in [0.4, 0.5) is 0 Å². The predicted octanol–water partition coefficient (Wildman–Crippen LogP) is 2.21. The number of ether oxygens (including phenoxy) is 1. The standard InChI is InChI=1S/C20H24N2O5S/c1-2-3-11-22(16-10-12-28(25,26)14-16)19(23)13-27-20(24)18-9-8-15-6-4-5-7-17(15)21-18/h4-9,16H,2-3,10-14H2,1H3/t16-/m1/s1. The van der Waals surface area contributed by atoms with Crippen LogP contribution in [0.3, 0.4) is 0 Å². The monoisotopic (exact) mass is 404 g/mol. The number of hydrogen-bond donors (Lipinski definition) is 0. The van der Waals surface area contributed by atoms with E-state index in [2.05, 4.69) is 4.98 Å². The number of sulfone groups is 1. The fraction of sp³-hybridized carbons (Fsp3) is 0.450. The summed E-state index contributed by atoms with van der Waals surface area (Å²) in [5.74, 6) is -0.977. The minimum Gasteiger partial charge on any atom is -0.451 e. The van der Waals surface area contributed by atoms with Crippen LogP contribution >= 0.6 is 0 Å². The van der Waals surface area contributed by atoms with Crippen LogP contribution in [0.15, 0.2) is 36.4 Å². The lowest BCUT2D eigenvalue weighted by Crippen LogP contribution is -2.43. The Morgan fingerprint density at radius 1 is 1.21 bits per heavy atom. The van der Waals surface area contributed by atoms with E-state index in [0.29, 0.717) is 18.5 Å². The maximum atomic E-state index is 12.6. The number of fused-ring (bicyclic) bond motifs is 1. The molecule has 0 unspecified atom stereocenters. The zero-order chi connectivity index (χ0) is 20.1. The van der Waals surface area contributed by atoms with Crippen LogP contribution in [-0.2, 0) is 19.4 Å². The SMILES string of the molecule is CCCCN(C(=O)COC(=O)c1ccc2ccccc2n1)[C@@H]1CCS(=O)(=O)C1. The highest BCUT2D eigenvalue weighted by molar-refractivity contribution is 7.91. The number of amides is 1. The average Bonchev–Trinajstić information content (AvgIpc) is 3.05. The molecule has 1 saturated heterocycles. The van der Waals surface area contributed by atoms with E-state index in [1.54, 1.807) is 23.1 Å². The molecule has 1 aliphatic rings. The number of aromatic nitrogens is 1. The minimum atomic E-state index is -3.11. The summed E-state index contributed by atoms with van der Waals surface area (Å²) in [6, 6.07) is 10.4. The first kappa shape index (κ1) is 20.3. The Labute approximate surface area is 164 Å². The second-order valence-corrected chi connectivity index (χ2v) is 9.19. The third kappa shape index (κ3) is 4.86. The van der Waals surface area contributed by atoms with Crippen molar-refractivity contribution < 1.29 is 22.7 Å². The molecule has 1 aromatic carbocycles. The molecule has 0 aliphatic carbocycles. The van der Waals surface area contributed by atoms with Crippen molar-refractivity contribution in [1.29, 1.82) is 0 Å². The Balaban J connectivity index is 1.64. The van der Waals surface area contributed by atoms with E-state index in [4.69, 9.17) is 4.74 Å². The van der Waals surface area contributed by atoms with Gasteiger partial charge in [-0.15, -0.1) is 0 Å². The molecule has 1 fully saturated rings. The first-order valence-corrected chi connectivity index (χ1v) is 11.2. The number of nitrogens with zero attached hydrogens (tertiary/aromatic N) is 2. The summed E-state index contributed by atoms with van der Waals surface area (Å²) in [6.07, 6.45) is 2.07. The molecule has 2 heterocycles. The molecule has 7 nitrogen and oxygen atoms in total. The number of rotatable bonds is 7. The zero-order valence-electron chi connectivity index (χ0n) is 15.8. The molecule has 0 radical (unpaired) electrons. The Morgan fingerprint density at radius 2 is 2.00 bits per heavy atom. The molecule has 0 bridgehead atoms.